The number of hydrogen-bond acceptors (Lipinski definition) is 6. The van der Waals surface area contributed by atoms with Crippen molar-refractivity contribution >= 4 is 23.5 Å². The van der Waals surface area contributed by atoms with Gasteiger partial charge in [0.25, 0.3) is 0 Å². The van der Waals surface area contributed by atoms with E-state index < -0.39 is 11.9 Å². The SMILES string of the molecule is O=C([O-])c1ccccc1C(=O)c1ccccc1.O=C([O-])c1ccccc1C(=O)c1ccccc1.[Cu+2]. The van der Waals surface area contributed by atoms with Crippen LogP contribution in [0.2, 0.25) is 0 Å². The molecule has 0 amide bonds. The van der Waals surface area contributed by atoms with Crippen molar-refractivity contribution < 1.29 is 46.5 Å². The minimum Gasteiger partial charge on any atom is -0.545 e. The van der Waals surface area contributed by atoms with E-state index in [2.05, 4.69) is 0 Å². The Bertz CT molecular complexity index is 1230. The number of rotatable bonds is 6. The smallest absolute Gasteiger partial charge is 0.545 e. The third-order valence-electron chi connectivity index (χ3n) is 4.86. The molecule has 0 atom stereocenters. The molecule has 0 aliphatic heterocycles. The maximum atomic E-state index is 12.1. The van der Waals surface area contributed by atoms with Gasteiger partial charge in [-0.1, -0.05) is 109 Å². The topological polar surface area (TPSA) is 114 Å². The number of carbonyl (C=O) groups is 4. The monoisotopic (exact) mass is 513 g/mol. The van der Waals surface area contributed by atoms with Crippen molar-refractivity contribution in [3.63, 3.8) is 0 Å². The Morgan fingerprint density at radius 3 is 0.943 bits per heavy atom. The van der Waals surface area contributed by atoms with Crippen LogP contribution in [0.15, 0.2) is 109 Å². The fourth-order valence-corrected chi connectivity index (χ4v) is 3.21. The first-order valence-electron chi connectivity index (χ1n) is 10.2. The summed E-state index contributed by atoms with van der Waals surface area (Å²) < 4.78 is 0. The molecule has 1 radical (unpaired) electrons. The standard InChI is InChI=1S/2C14H10O3.Cu/c2*15-13(10-6-2-1-3-7-10)11-8-4-5-9-12(11)14(16)17;/h2*1-9H,(H,16,17);/q;;+2/p-2. The molecule has 6 nitrogen and oxygen atoms in total. The van der Waals surface area contributed by atoms with Crippen LogP contribution >= 0.6 is 0 Å². The first-order valence-corrected chi connectivity index (χ1v) is 10.2. The average molecular weight is 514 g/mol. The molecule has 0 aromatic heterocycles. The quantitative estimate of drug-likeness (QED) is 0.289. The second-order valence-electron chi connectivity index (χ2n) is 7.06. The van der Waals surface area contributed by atoms with Gasteiger partial charge < -0.3 is 19.8 Å². The second kappa shape index (κ2) is 12.8. The second-order valence-corrected chi connectivity index (χ2v) is 7.06. The zero-order valence-electron chi connectivity index (χ0n) is 18.1. The summed E-state index contributed by atoms with van der Waals surface area (Å²) in [4.78, 5) is 45.9. The van der Waals surface area contributed by atoms with Crippen molar-refractivity contribution in [1.82, 2.24) is 0 Å². The molecular weight excluding hydrogens is 496 g/mol. The Morgan fingerprint density at radius 2 is 0.657 bits per heavy atom. The van der Waals surface area contributed by atoms with Crippen molar-refractivity contribution in [2.45, 2.75) is 0 Å². The van der Waals surface area contributed by atoms with Crippen molar-refractivity contribution in [2.75, 3.05) is 0 Å². The fourth-order valence-electron chi connectivity index (χ4n) is 3.21. The van der Waals surface area contributed by atoms with Crippen LogP contribution in [0.4, 0.5) is 0 Å². The van der Waals surface area contributed by atoms with Gasteiger partial charge in [-0.15, -0.1) is 0 Å². The molecule has 35 heavy (non-hydrogen) atoms. The summed E-state index contributed by atoms with van der Waals surface area (Å²) in [5.41, 5.74) is 1.06. The Morgan fingerprint density at radius 1 is 0.400 bits per heavy atom. The van der Waals surface area contributed by atoms with Crippen molar-refractivity contribution in [3.05, 3.63) is 143 Å². The van der Waals surface area contributed by atoms with Gasteiger partial charge >= 0.3 is 17.1 Å². The molecule has 7 heteroatoms. The van der Waals surface area contributed by atoms with Crippen molar-refractivity contribution in [3.8, 4) is 0 Å². The van der Waals surface area contributed by atoms with Gasteiger partial charge in [-0.3, -0.25) is 9.59 Å². The van der Waals surface area contributed by atoms with Crippen LogP contribution in [-0.4, -0.2) is 23.5 Å². The van der Waals surface area contributed by atoms with E-state index in [-0.39, 0.29) is 50.9 Å². The van der Waals surface area contributed by atoms with Crippen LogP contribution in [0.25, 0.3) is 0 Å². The van der Waals surface area contributed by atoms with Crippen molar-refractivity contribution in [1.29, 1.82) is 0 Å². The Labute approximate surface area is 212 Å². The average Bonchev–Trinajstić information content (AvgIpc) is 2.89. The molecule has 0 fully saturated rings. The van der Waals surface area contributed by atoms with Gasteiger partial charge in [0.2, 0.25) is 0 Å². The predicted molar refractivity (Wildman–Crippen MR) is 121 cm³/mol. The summed E-state index contributed by atoms with van der Waals surface area (Å²) >= 11 is 0. The van der Waals surface area contributed by atoms with E-state index in [9.17, 15) is 29.4 Å². The van der Waals surface area contributed by atoms with E-state index in [1.165, 1.54) is 24.3 Å². The number of hydrogen-bond donors (Lipinski definition) is 0. The van der Waals surface area contributed by atoms with Gasteiger partial charge in [0, 0.05) is 33.4 Å². The molecule has 177 valence electrons. The van der Waals surface area contributed by atoms with E-state index in [1.54, 1.807) is 84.9 Å². The number of carboxylic acids is 2. The molecule has 0 aliphatic rings. The fraction of sp³-hybridized carbons (Fsp3) is 0. The summed E-state index contributed by atoms with van der Waals surface area (Å²) in [7, 11) is 0. The number of ketones is 2. The van der Waals surface area contributed by atoms with Gasteiger partial charge in [0.1, 0.15) is 0 Å². The van der Waals surface area contributed by atoms with E-state index in [0.717, 1.165) is 0 Å². The molecule has 0 aliphatic carbocycles. The molecule has 4 aromatic rings. The van der Waals surface area contributed by atoms with Crippen LogP contribution in [0.5, 0.6) is 0 Å². The molecule has 0 saturated heterocycles. The summed E-state index contributed by atoms with van der Waals surface area (Å²) in [5, 5.41) is 21.8. The van der Waals surface area contributed by atoms with Gasteiger partial charge in [-0.25, -0.2) is 0 Å². The summed E-state index contributed by atoms with van der Waals surface area (Å²) in [6.07, 6.45) is 0. The van der Waals surface area contributed by atoms with Gasteiger partial charge in [-0.05, 0) is 0 Å². The number of benzene rings is 4. The minimum atomic E-state index is -1.34. The summed E-state index contributed by atoms with van der Waals surface area (Å²) in [5.74, 6) is -3.31. The van der Waals surface area contributed by atoms with Crippen LogP contribution in [0.3, 0.4) is 0 Å². The Hall–Kier alpha value is -4.32. The molecule has 0 spiro atoms. The predicted octanol–water partition coefficient (Wildman–Crippen LogP) is 2.56. The zero-order valence-corrected chi connectivity index (χ0v) is 19.1. The Balaban J connectivity index is 0.000000240. The normalized spacial score (nSPS) is 9.60. The molecule has 0 bridgehead atoms. The molecule has 0 unspecified atom stereocenters. The zero-order chi connectivity index (χ0) is 24.5. The molecule has 4 aromatic carbocycles. The number of aromatic carboxylic acids is 2. The van der Waals surface area contributed by atoms with Gasteiger partial charge in [0.05, 0.1) is 11.9 Å². The van der Waals surface area contributed by atoms with Crippen LogP contribution in [0.1, 0.15) is 52.6 Å². The summed E-state index contributed by atoms with van der Waals surface area (Å²) in [6.45, 7) is 0. The molecule has 0 heterocycles. The van der Waals surface area contributed by atoms with Crippen LogP contribution in [-0.2, 0) is 17.1 Å². The van der Waals surface area contributed by atoms with Crippen molar-refractivity contribution in [2.24, 2.45) is 0 Å². The first-order chi connectivity index (χ1) is 16.4. The molecule has 0 saturated carbocycles. The van der Waals surface area contributed by atoms with Crippen LogP contribution in [0, 0.1) is 0 Å². The Kier molecular flexibility index (Phi) is 9.84. The van der Waals surface area contributed by atoms with Crippen LogP contribution < -0.4 is 10.2 Å². The number of carbonyl (C=O) groups excluding carboxylic acids is 4. The first kappa shape index (κ1) is 26.9. The largest absolute Gasteiger partial charge is 2.00 e. The number of carboxylic acid groups (broad SMARTS) is 2. The van der Waals surface area contributed by atoms with Gasteiger partial charge in [-0.2, -0.15) is 0 Å². The maximum absolute atomic E-state index is 12.1. The minimum absolute atomic E-state index is 0. The van der Waals surface area contributed by atoms with E-state index in [4.69, 9.17) is 0 Å². The third kappa shape index (κ3) is 6.83. The molecule has 0 N–H and O–H groups in total. The van der Waals surface area contributed by atoms with Gasteiger partial charge in [0.15, 0.2) is 11.6 Å². The molecule has 4 rings (SSSR count). The van der Waals surface area contributed by atoms with E-state index in [0.29, 0.717) is 11.1 Å². The third-order valence-corrected chi connectivity index (χ3v) is 4.86. The summed E-state index contributed by atoms with van der Waals surface area (Å²) in [6, 6.07) is 29.2. The van der Waals surface area contributed by atoms with E-state index >= 15 is 0 Å². The van der Waals surface area contributed by atoms with E-state index in [1.807, 2.05) is 0 Å². The maximum Gasteiger partial charge on any atom is 2.00 e. The molecular formula is C28H18CuO6.